The van der Waals surface area contributed by atoms with Crippen LogP contribution < -0.4 is 5.69 Å². The Morgan fingerprint density at radius 3 is 3.00 bits per heavy atom. The fraction of sp³-hybridized carbons (Fsp3) is 0.417. The Morgan fingerprint density at radius 1 is 1.44 bits per heavy atom. The third-order valence-electron chi connectivity index (χ3n) is 3.46. The monoisotopic (exact) mass is 217 g/mol. The van der Waals surface area contributed by atoms with Crippen molar-refractivity contribution in [2.75, 3.05) is 14.1 Å². The van der Waals surface area contributed by atoms with Crippen LogP contribution in [0.4, 0.5) is 0 Å². The Morgan fingerprint density at radius 2 is 2.25 bits per heavy atom. The molecular weight excluding hydrogens is 202 g/mol. The van der Waals surface area contributed by atoms with Crippen LogP contribution in [0, 0.1) is 0 Å². The van der Waals surface area contributed by atoms with E-state index in [1.54, 1.807) is 0 Å². The Kier molecular flexibility index (Phi) is 1.94. The second-order valence-electron chi connectivity index (χ2n) is 4.68. The summed E-state index contributed by atoms with van der Waals surface area (Å²) in [6.07, 6.45) is 1.02. The Labute approximate surface area is 93.5 Å². The third-order valence-corrected chi connectivity index (χ3v) is 3.46. The molecular formula is C12H15N3O. The van der Waals surface area contributed by atoms with E-state index in [9.17, 15) is 4.79 Å². The van der Waals surface area contributed by atoms with Crippen LogP contribution >= 0.6 is 0 Å². The Balaban J connectivity index is 2.25. The number of benzene rings is 1. The minimum Gasteiger partial charge on any atom is -0.306 e. The van der Waals surface area contributed by atoms with E-state index in [1.165, 1.54) is 5.56 Å². The van der Waals surface area contributed by atoms with Gasteiger partial charge in [-0.3, -0.25) is 4.57 Å². The summed E-state index contributed by atoms with van der Waals surface area (Å²) >= 11 is 0. The van der Waals surface area contributed by atoms with Gasteiger partial charge in [-0.25, -0.2) is 4.79 Å². The van der Waals surface area contributed by atoms with Crippen LogP contribution in [0.25, 0.3) is 11.0 Å². The van der Waals surface area contributed by atoms with Crippen molar-refractivity contribution in [1.29, 1.82) is 0 Å². The Bertz CT molecular complexity index is 594. The molecule has 84 valence electrons. The molecule has 0 radical (unpaired) electrons. The number of nitrogens with zero attached hydrogens (tertiary/aromatic N) is 2. The zero-order valence-corrected chi connectivity index (χ0v) is 9.53. The number of aromatic amines is 1. The van der Waals surface area contributed by atoms with Gasteiger partial charge < -0.3 is 9.88 Å². The molecule has 0 unspecified atom stereocenters. The highest BCUT2D eigenvalue weighted by atomic mass is 16.1. The lowest BCUT2D eigenvalue weighted by molar-refractivity contribution is 0.256. The van der Waals surface area contributed by atoms with Gasteiger partial charge in [0, 0.05) is 12.6 Å². The van der Waals surface area contributed by atoms with Gasteiger partial charge in [0.25, 0.3) is 0 Å². The molecule has 1 aromatic carbocycles. The average Bonchev–Trinajstić information content (AvgIpc) is 2.58. The maximum atomic E-state index is 11.8. The predicted molar refractivity (Wildman–Crippen MR) is 63.7 cm³/mol. The van der Waals surface area contributed by atoms with E-state index in [1.807, 2.05) is 16.7 Å². The van der Waals surface area contributed by atoms with Gasteiger partial charge in [0.2, 0.25) is 0 Å². The normalized spacial score (nSPS) is 19.6. The van der Waals surface area contributed by atoms with Gasteiger partial charge in [0.15, 0.2) is 0 Å². The van der Waals surface area contributed by atoms with Crippen molar-refractivity contribution in [2.45, 2.75) is 19.0 Å². The van der Waals surface area contributed by atoms with Crippen LogP contribution in [-0.4, -0.2) is 34.6 Å². The quantitative estimate of drug-likeness (QED) is 0.768. The first-order chi connectivity index (χ1) is 7.66. The number of nitrogens with one attached hydrogen (secondary N) is 1. The molecule has 16 heavy (non-hydrogen) atoms. The van der Waals surface area contributed by atoms with E-state index >= 15 is 0 Å². The van der Waals surface area contributed by atoms with Gasteiger partial charge in [-0.05, 0) is 32.1 Å². The Hall–Kier alpha value is -1.55. The summed E-state index contributed by atoms with van der Waals surface area (Å²) in [5, 5.41) is 0. The zero-order chi connectivity index (χ0) is 11.3. The molecule has 0 saturated carbocycles. The highest BCUT2D eigenvalue weighted by Gasteiger charge is 2.23. The van der Waals surface area contributed by atoms with Crippen LogP contribution in [0.15, 0.2) is 23.0 Å². The minimum atomic E-state index is 0.00833. The van der Waals surface area contributed by atoms with Gasteiger partial charge >= 0.3 is 5.69 Å². The van der Waals surface area contributed by atoms with E-state index in [4.69, 9.17) is 0 Å². The molecule has 0 spiro atoms. The number of imidazole rings is 1. The highest BCUT2D eigenvalue weighted by Crippen LogP contribution is 2.23. The molecule has 1 atom stereocenters. The summed E-state index contributed by atoms with van der Waals surface area (Å²) in [4.78, 5) is 16.9. The molecule has 0 saturated heterocycles. The lowest BCUT2D eigenvalue weighted by Gasteiger charge is -2.28. The number of hydrogen-bond acceptors (Lipinski definition) is 2. The lowest BCUT2D eigenvalue weighted by Crippen LogP contribution is -2.39. The highest BCUT2D eigenvalue weighted by molar-refractivity contribution is 5.79. The van der Waals surface area contributed by atoms with Crippen molar-refractivity contribution in [3.8, 4) is 0 Å². The molecule has 0 bridgehead atoms. The molecule has 1 aliphatic rings. The maximum Gasteiger partial charge on any atom is 0.326 e. The number of rotatable bonds is 1. The SMILES string of the molecule is CN(C)[C@H]1Cc2cccc3[nH]c(=O)n(c23)C1. The topological polar surface area (TPSA) is 41.0 Å². The average molecular weight is 217 g/mol. The first-order valence-electron chi connectivity index (χ1n) is 5.53. The van der Waals surface area contributed by atoms with Gasteiger partial charge in [-0.15, -0.1) is 0 Å². The van der Waals surface area contributed by atoms with Crippen molar-refractivity contribution < 1.29 is 0 Å². The molecule has 3 rings (SSSR count). The first kappa shape index (κ1) is 9.66. The van der Waals surface area contributed by atoms with Crippen LogP contribution in [0.1, 0.15) is 5.56 Å². The van der Waals surface area contributed by atoms with Gasteiger partial charge in [-0.1, -0.05) is 12.1 Å². The first-order valence-corrected chi connectivity index (χ1v) is 5.53. The summed E-state index contributed by atoms with van der Waals surface area (Å²) in [6.45, 7) is 0.781. The van der Waals surface area contributed by atoms with Crippen molar-refractivity contribution in [1.82, 2.24) is 14.5 Å². The molecule has 1 aromatic heterocycles. The summed E-state index contributed by atoms with van der Waals surface area (Å²) < 4.78 is 1.86. The molecule has 0 fully saturated rings. The number of H-pyrrole nitrogens is 1. The van der Waals surface area contributed by atoms with E-state index in [0.717, 1.165) is 24.0 Å². The van der Waals surface area contributed by atoms with Crippen LogP contribution in [0.2, 0.25) is 0 Å². The molecule has 2 aromatic rings. The minimum absolute atomic E-state index is 0.00833. The number of aromatic nitrogens is 2. The largest absolute Gasteiger partial charge is 0.326 e. The number of likely N-dealkylation sites (N-methyl/N-ethyl adjacent to an activating group) is 1. The summed E-state index contributed by atoms with van der Waals surface area (Å²) in [7, 11) is 4.13. The summed E-state index contributed by atoms with van der Waals surface area (Å²) in [5.74, 6) is 0. The van der Waals surface area contributed by atoms with Crippen LogP contribution in [0.3, 0.4) is 0 Å². The number of hydrogen-bond donors (Lipinski definition) is 1. The molecule has 2 heterocycles. The van der Waals surface area contributed by atoms with E-state index in [0.29, 0.717) is 6.04 Å². The predicted octanol–water partition coefficient (Wildman–Crippen LogP) is 0.816. The van der Waals surface area contributed by atoms with E-state index in [2.05, 4.69) is 30.0 Å². The molecule has 4 heteroatoms. The van der Waals surface area contributed by atoms with Crippen LogP contribution in [0.5, 0.6) is 0 Å². The molecule has 1 N–H and O–H groups in total. The smallest absolute Gasteiger partial charge is 0.306 e. The molecule has 4 nitrogen and oxygen atoms in total. The standard InChI is InChI=1S/C12H15N3O/c1-14(2)9-6-8-4-3-5-10-11(8)15(7-9)12(16)13-10/h3-5,9H,6-7H2,1-2H3,(H,13,16)/t9-/m0/s1. The van der Waals surface area contributed by atoms with Gasteiger partial charge in [0.1, 0.15) is 0 Å². The number of para-hydroxylation sites is 1. The zero-order valence-electron chi connectivity index (χ0n) is 9.53. The molecule has 0 aliphatic carbocycles. The van der Waals surface area contributed by atoms with Gasteiger partial charge in [0.05, 0.1) is 11.0 Å². The van der Waals surface area contributed by atoms with Crippen molar-refractivity contribution in [3.05, 3.63) is 34.2 Å². The van der Waals surface area contributed by atoms with Gasteiger partial charge in [-0.2, -0.15) is 0 Å². The fourth-order valence-corrected chi connectivity index (χ4v) is 2.51. The third kappa shape index (κ3) is 1.23. The van der Waals surface area contributed by atoms with E-state index < -0.39 is 0 Å². The second kappa shape index (κ2) is 3.22. The second-order valence-corrected chi connectivity index (χ2v) is 4.68. The summed E-state index contributed by atoms with van der Waals surface area (Å²) in [5.41, 5.74) is 3.32. The molecule has 0 amide bonds. The maximum absolute atomic E-state index is 11.8. The van der Waals surface area contributed by atoms with Crippen molar-refractivity contribution in [3.63, 3.8) is 0 Å². The van der Waals surface area contributed by atoms with Crippen molar-refractivity contribution >= 4 is 11.0 Å². The molecule has 1 aliphatic heterocycles. The van der Waals surface area contributed by atoms with Crippen LogP contribution in [-0.2, 0) is 13.0 Å². The summed E-state index contributed by atoms with van der Waals surface area (Å²) in [6, 6.07) is 6.50. The van der Waals surface area contributed by atoms with Crippen molar-refractivity contribution in [2.24, 2.45) is 0 Å². The van der Waals surface area contributed by atoms with E-state index in [-0.39, 0.29) is 5.69 Å². The lowest BCUT2D eigenvalue weighted by atomic mass is 10.00. The fourth-order valence-electron chi connectivity index (χ4n) is 2.51.